The molecule has 0 rings (SSSR count). The molecule has 0 aromatic heterocycles. The predicted molar refractivity (Wildman–Crippen MR) is 187 cm³/mol. The summed E-state index contributed by atoms with van der Waals surface area (Å²) in [7, 11) is 0. The van der Waals surface area contributed by atoms with Crippen molar-refractivity contribution in [2.75, 3.05) is 25.2 Å². The van der Waals surface area contributed by atoms with E-state index < -0.39 is 109 Å². The molecule has 0 aliphatic heterocycles. The third-order valence-electron chi connectivity index (χ3n) is 4.53. The molecule has 0 saturated carbocycles. The Balaban J connectivity index is -0.0000000964. The quantitative estimate of drug-likeness (QED) is 0.0649. The Hall–Kier alpha value is -4.78. The maximum absolute atomic E-state index is 10.1. The van der Waals surface area contributed by atoms with Crippen LogP contribution in [0.15, 0.2) is 0 Å². The highest BCUT2D eigenvalue weighted by atomic mass is 32.2. The average molecular weight is 818 g/mol. The molecule has 0 fully saturated rings. The first kappa shape index (κ1) is 64.2. The number of carboxylic acids is 9. The Morgan fingerprint density at radius 3 is 1.00 bits per heavy atom. The summed E-state index contributed by atoms with van der Waals surface area (Å²) in [4.78, 5) is 87.9. The minimum absolute atomic E-state index is 0.0231. The number of rotatable bonds is 17. The number of carboxylic acid groups (broad SMARTS) is 9. The minimum Gasteiger partial charge on any atom is -0.481 e. The zero-order valence-corrected chi connectivity index (χ0v) is 30.4. The molecule has 0 spiro atoms. The fraction of sp³-hybridized carbons (Fsp3) is 0.654. The van der Waals surface area contributed by atoms with Crippen LogP contribution in [0, 0.1) is 0 Å². The Morgan fingerprint density at radius 2 is 0.870 bits per heavy atom. The van der Waals surface area contributed by atoms with Gasteiger partial charge in [-0.25, -0.2) is 0 Å². The standard InChI is InChI=1S/C5H9NO4.C5H11NO2S.C4H7NO4.C4H9NO3.C3H7NO3.C3H7NO2.C2H5NO2/c6-3(5(9)10)1-2-4(7)8;1-9-3-2-4(6)5(7)8;5-2(4(8)9)1-3(6)7;1-2(6)3(5)4(7)8;4-2(1-5)3(6)7;1-2(4)3(5)6;3-1-2(4)5/h3H,1-2,6H2,(H,7,8)(H,9,10);4H,2-3,6H2,1H3,(H,7,8);2H,1,5H2,(H,6,7)(H,8,9);2-3,6H,5H2,1H3,(H,7,8);2,5H,1,4H2,(H,6,7);2H,4H2,1H3,(H,5,6);1,3H2,(H,4,5). The summed E-state index contributed by atoms with van der Waals surface area (Å²) in [5, 5.41) is 88.5. The Kier molecular flexibility index (Phi) is 48.7. The van der Waals surface area contributed by atoms with Gasteiger partial charge in [0.25, 0.3) is 0 Å². The number of hydrogen-bond donors (Lipinski definition) is 18. The molecule has 0 aliphatic carbocycles. The summed E-state index contributed by atoms with van der Waals surface area (Å²) in [5.74, 6) is -9.08. The number of thioether (sulfide) groups is 1. The van der Waals surface area contributed by atoms with Crippen molar-refractivity contribution >= 4 is 65.5 Å². The monoisotopic (exact) mass is 817 g/mol. The van der Waals surface area contributed by atoms with Crippen molar-refractivity contribution in [2.24, 2.45) is 40.1 Å². The second-order valence-corrected chi connectivity index (χ2v) is 10.6. The van der Waals surface area contributed by atoms with Crippen molar-refractivity contribution in [2.45, 2.75) is 81.9 Å². The van der Waals surface area contributed by atoms with Gasteiger partial charge in [0.05, 0.1) is 25.7 Å². The van der Waals surface area contributed by atoms with E-state index in [1.54, 1.807) is 11.8 Å². The zero-order valence-electron chi connectivity index (χ0n) is 29.5. The lowest BCUT2D eigenvalue weighted by atomic mass is 10.2. The largest absolute Gasteiger partial charge is 0.481 e. The molecule has 320 valence electrons. The molecule has 0 bridgehead atoms. The normalized spacial score (nSPS) is 13.1. The first-order valence-electron chi connectivity index (χ1n) is 14.4. The summed E-state index contributed by atoms with van der Waals surface area (Å²) in [5.41, 5.74) is 34.1. The van der Waals surface area contributed by atoms with Crippen LogP contribution in [-0.2, 0) is 43.2 Å². The van der Waals surface area contributed by atoms with Gasteiger partial charge in [0.1, 0.15) is 36.3 Å². The number of nitrogens with two attached hydrogens (primary N) is 7. The number of aliphatic hydroxyl groups excluding tert-OH is 2. The van der Waals surface area contributed by atoms with Crippen LogP contribution in [0.2, 0.25) is 0 Å². The molecule has 54 heavy (non-hydrogen) atoms. The van der Waals surface area contributed by atoms with Gasteiger partial charge in [-0.3, -0.25) is 43.2 Å². The minimum atomic E-state index is -1.29. The second kappa shape index (κ2) is 41.0. The van der Waals surface area contributed by atoms with Crippen molar-refractivity contribution in [3.8, 4) is 0 Å². The Bertz CT molecular complexity index is 1100. The van der Waals surface area contributed by atoms with Crippen LogP contribution in [0.5, 0.6) is 0 Å². The van der Waals surface area contributed by atoms with E-state index in [0.717, 1.165) is 5.75 Å². The third kappa shape index (κ3) is 62.4. The Morgan fingerprint density at radius 1 is 0.537 bits per heavy atom. The van der Waals surface area contributed by atoms with E-state index in [1.165, 1.54) is 13.8 Å². The SMILES string of the molecule is CC(N)C(=O)O.CC(O)C(N)C(=O)O.CSCCC(N)C(=O)O.NC(CC(=O)O)C(=O)O.NC(CCC(=O)O)C(=O)O.NC(CO)C(=O)O.NCC(=O)O. The third-order valence-corrected chi connectivity index (χ3v) is 5.18. The lowest BCUT2D eigenvalue weighted by Crippen LogP contribution is -2.39. The van der Waals surface area contributed by atoms with Crippen molar-refractivity contribution in [3.05, 3.63) is 0 Å². The second-order valence-electron chi connectivity index (χ2n) is 9.60. The molecule has 0 aromatic rings. The topological polar surface area (TPSA) is 558 Å². The smallest absolute Gasteiger partial charge is 0.323 e. The fourth-order valence-corrected chi connectivity index (χ4v) is 1.82. The first-order chi connectivity index (χ1) is 24.4. The van der Waals surface area contributed by atoms with Crippen molar-refractivity contribution in [1.29, 1.82) is 0 Å². The van der Waals surface area contributed by atoms with E-state index in [9.17, 15) is 43.2 Å². The molecule has 28 heteroatoms. The summed E-state index contributed by atoms with van der Waals surface area (Å²) in [6, 6.07) is -6.05. The molecule has 0 aliphatic rings. The van der Waals surface area contributed by atoms with Crippen LogP contribution in [0.25, 0.3) is 0 Å². The molecule has 0 saturated heterocycles. The number of hydrogen-bond acceptors (Lipinski definition) is 19. The zero-order chi connectivity index (χ0) is 44.9. The van der Waals surface area contributed by atoms with E-state index in [1.807, 2.05) is 6.26 Å². The number of aliphatic hydroxyl groups is 2. The van der Waals surface area contributed by atoms with E-state index in [-0.39, 0.29) is 19.4 Å². The lowest BCUT2D eigenvalue weighted by molar-refractivity contribution is -0.144. The molecule has 0 radical (unpaired) electrons. The average Bonchev–Trinajstić information content (AvgIpc) is 3.06. The van der Waals surface area contributed by atoms with Crippen LogP contribution < -0.4 is 40.1 Å². The van der Waals surface area contributed by atoms with Gasteiger partial charge >= 0.3 is 53.7 Å². The molecule has 0 amide bonds. The highest BCUT2D eigenvalue weighted by molar-refractivity contribution is 7.98. The Labute approximate surface area is 312 Å². The predicted octanol–water partition coefficient (Wildman–Crippen LogP) is -6.09. The van der Waals surface area contributed by atoms with Crippen LogP contribution >= 0.6 is 11.8 Å². The van der Waals surface area contributed by atoms with Gasteiger partial charge in [-0.1, -0.05) is 0 Å². The molecule has 25 N–H and O–H groups in total. The van der Waals surface area contributed by atoms with Crippen molar-refractivity contribution < 1.29 is 99.3 Å². The van der Waals surface area contributed by atoms with E-state index in [2.05, 4.69) is 5.73 Å². The highest BCUT2D eigenvalue weighted by Gasteiger charge is 2.16. The van der Waals surface area contributed by atoms with E-state index >= 15 is 0 Å². The van der Waals surface area contributed by atoms with E-state index in [4.69, 9.17) is 90.6 Å². The van der Waals surface area contributed by atoms with Crippen LogP contribution in [-0.4, -0.2) is 177 Å². The van der Waals surface area contributed by atoms with Gasteiger partial charge in [-0.2, -0.15) is 11.8 Å². The van der Waals surface area contributed by atoms with E-state index in [0.29, 0.717) is 6.42 Å². The first-order valence-corrected chi connectivity index (χ1v) is 15.8. The molecular weight excluding hydrogens is 762 g/mol. The lowest BCUT2D eigenvalue weighted by Gasteiger charge is -2.06. The maximum atomic E-state index is 10.1. The molecule has 7 atom stereocenters. The van der Waals surface area contributed by atoms with Gasteiger partial charge in [0, 0.05) is 6.42 Å². The van der Waals surface area contributed by atoms with Gasteiger partial charge in [0.2, 0.25) is 0 Å². The van der Waals surface area contributed by atoms with Gasteiger partial charge in [0.15, 0.2) is 0 Å². The van der Waals surface area contributed by atoms with Gasteiger partial charge in [-0.15, -0.1) is 0 Å². The molecule has 27 nitrogen and oxygen atoms in total. The van der Waals surface area contributed by atoms with Crippen LogP contribution in [0.3, 0.4) is 0 Å². The molecular formula is C26H55N7O20S. The van der Waals surface area contributed by atoms with Crippen molar-refractivity contribution in [3.63, 3.8) is 0 Å². The summed E-state index contributed by atoms with van der Waals surface area (Å²) in [6.07, 6.45) is 0.742. The fourth-order valence-electron chi connectivity index (χ4n) is 1.33. The van der Waals surface area contributed by atoms with Crippen LogP contribution in [0.1, 0.15) is 39.5 Å². The molecule has 0 aromatic carbocycles. The van der Waals surface area contributed by atoms with Gasteiger partial charge in [-0.05, 0) is 38.7 Å². The van der Waals surface area contributed by atoms with Crippen LogP contribution in [0.4, 0.5) is 0 Å². The molecule has 0 heterocycles. The van der Waals surface area contributed by atoms with Gasteiger partial charge < -0.3 is 96.3 Å². The molecule has 7 unspecified atom stereocenters. The summed E-state index contributed by atoms with van der Waals surface area (Å²) >= 11 is 1.60. The number of carbonyl (C=O) groups is 9. The van der Waals surface area contributed by atoms with Crippen molar-refractivity contribution in [1.82, 2.24) is 0 Å². The number of aliphatic carboxylic acids is 9. The maximum Gasteiger partial charge on any atom is 0.323 e. The highest BCUT2D eigenvalue weighted by Crippen LogP contribution is 1.98. The summed E-state index contributed by atoms with van der Waals surface area (Å²) in [6.45, 7) is 1.97. The summed E-state index contributed by atoms with van der Waals surface area (Å²) < 4.78 is 0.